The summed E-state index contributed by atoms with van der Waals surface area (Å²) in [4.78, 5) is 11.9. The molecule has 1 aliphatic rings. The maximum Gasteiger partial charge on any atom is 0.185 e. The molecule has 0 bridgehead atoms. The Hall–Kier alpha value is -1.16. The van der Waals surface area contributed by atoms with E-state index in [9.17, 15) is 13.2 Å². The first-order chi connectivity index (χ1) is 8.70. The van der Waals surface area contributed by atoms with Gasteiger partial charge in [0.05, 0.1) is 4.90 Å². The van der Waals surface area contributed by atoms with Gasteiger partial charge in [-0.2, -0.15) is 0 Å². The van der Waals surface area contributed by atoms with Crippen LogP contribution in [0.4, 0.5) is 0 Å². The minimum absolute atomic E-state index is 0.00781. The van der Waals surface area contributed by atoms with Crippen molar-refractivity contribution in [2.24, 2.45) is 5.92 Å². The van der Waals surface area contributed by atoms with Crippen molar-refractivity contribution in [3.63, 3.8) is 0 Å². The molecule has 0 atom stereocenters. The fraction of sp³-hybridized carbons (Fsp3) is 0.533. The summed E-state index contributed by atoms with van der Waals surface area (Å²) in [6.07, 6.45) is 1.69. The van der Waals surface area contributed by atoms with Crippen LogP contribution in [-0.4, -0.2) is 20.0 Å². The van der Waals surface area contributed by atoms with E-state index in [0.717, 1.165) is 18.4 Å². The van der Waals surface area contributed by atoms with E-state index in [2.05, 4.69) is 20.8 Å². The second-order valence-corrected chi connectivity index (χ2v) is 8.26. The van der Waals surface area contributed by atoms with E-state index in [4.69, 9.17) is 0 Å². The molecule has 1 saturated carbocycles. The summed E-state index contributed by atoms with van der Waals surface area (Å²) in [5, 5.41) is 0. The maximum absolute atomic E-state index is 12.1. The molecular weight excluding hydrogens is 260 g/mol. The van der Waals surface area contributed by atoms with Gasteiger partial charge in [-0.25, -0.2) is 8.42 Å². The molecule has 0 unspecified atom stereocenters. The van der Waals surface area contributed by atoms with Crippen LogP contribution in [0.1, 0.15) is 39.2 Å². The standard InChI is InChI=1S/C15H20O3S/c1-15(2,3)12-6-8-13(9-7-12)19(17,18)10-14(16)11-4-5-11/h6-9,11H,4-5,10H2,1-3H3. The third-order valence-corrected chi connectivity index (χ3v) is 5.10. The Kier molecular flexibility index (Phi) is 3.56. The molecule has 1 fully saturated rings. The topological polar surface area (TPSA) is 51.2 Å². The van der Waals surface area contributed by atoms with Crippen molar-refractivity contribution in [3.05, 3.63) is 29.8 Å². The fourth-order valence-electron chi connectivity index (χ4n) is 1.96. The van der Waals surface area contributed by atoms with Crippen molar-refractivity contribution in [2.75, 3.05) is 5.75 Å². The van der Waals surface area contributed by atoms with Crippen LogP contribution in [-0.2, 0) is 20.0 Å². The lowest BCUT2D eigenvalue weighted by atomic mass is 9.87. The summed E-state index contributed by atoms with van der Waals surface area (Å²) < 4.78 is 24.2. The van der Waals surface area contributed by atoms with Crippen LogP contribution < -0.4 is 0 Å². The summed E-state index contributed by atoms with van der Waals surface area (Å²) in [5.74, 6) is -0.504. The van der Waals surface area contributed by atoms with Gasteiger partial charge in [-0.05, 0) is 36.0 Å². The highest BCUT2D eigenvalue weighted by molar-refractivity contribution is 7.92. The molecule has 0 aliphatic heterocycles. The van der Waals surface area contributed by atoms with Gasteiger partial charge in [0.1, 0.15) is 5.75 Å². The van der Waals surface area contributed by atoms with Gasteiger partial charge in [-0.1, -0.05) is 32.9 Å². The number of hydrogen-bond donors (Lipinski definition) is 0. The van der Waals surface area contributed by atoms with Crippen LogP contribution in [0, 0.1) is 5.92 Å². The molecule has 1 aliphatic carbocycles. The second kappa shape index (κ2) is 4.75. The van der Waals surface area contributed by atoms with Crippen LogP contribution in [0.25, 0.3) is 0 Å². The summed E-state index contributed by atoms with van der Waals surface area (Å²) in [5.41, 5.74) is 1.08. The normalized spacial score (nSPS) is 16.4. The Balaban J connectivity index is 2.18. The van der Waals surface area contributed by atoms with E-state index < -0.39 is 9.84 Å². The molecule has 0 spiro atoms. The van der Waals surface area contributed by atoms with Crippen LogP contribution >= 0.6 is 0 Å². The molecule has 4 heteroatoms. The molecule has 0 saturated heterocycles. The molecule has 2 rings (SSSR count). The smallest absolute Gasteiger partial charge is 0.185 e. The van der Waals surface area contributed by atoms with E-state index in [1.165, 1.54) is 0 Å². The van der Waals surface area contributed by atoms with Crippen molar-refractivity contribution in [3.8, 4) is 0 Å². The number of benzene rings is 1. The van der Waals surface area contributed by atoms with E-state index in [-0.39, 0.29) is 27.8 Å². The van der Waals surface area contributed by atoms with Crippen molar-refractivity contribution in [2.45, 2.75) is 43.9 Å². The lowest BCUT2D eigenvalue weighted by molar-refractivity contribution is -0.117. The first-order valence-electron chi connectivity index (χ1n) is 6.56. The Bertz CT molecular complexity index is 573. The van der Waals surface area contributed by atoms with Crippen molar-refractivity contribution in [1.29, 1.82) is 0 Å². The van der Waals surface area contributed by atoms with Gasteiger partial charge in [-0.15, -0.1) is 0 Å². The zero-order valence-corrected chi connectivity index (χ0v) is 12.5. The minimum Gasteiger partial charge on any atom is -0.298 e. The van der Waals surface area contributed by atoms with E-state index in [1.807, 2.05) is 12.1 Å². The highest BCUT2D eigenvalue weighted by Gasteiger charge is 2.33. The molecule has 3 nitrogen and oxygen atoms in total. The fourth-order valence-corrected chi connectivity index (χ4v) is 3.28. The highest BCUT2D eigenvalue weighted by Crippen LogP contribution is 2.31. The number of carbonyl (C=O) groups excluding carboxylic acids is 1. The van der Waals surface area contributed by atoms with Gasteiger partial charge in [0.15, 0.2) is 15.6 Å². The second-order valence-electron chi connectivity index (χ2n) is 6.27. The number of Topliss-reactive ketones (excluding diaryl/α,β-unsaturated/α-hetero) is 1. The van der Waals surface area contributed by atoms with Gasteiger partial charge in [0.25, 0.3) is 0 Å². The number of hydrogen-bond acceptors (Lipinski definition) is 3. The highest BCUT2D eigenvalue weighted by atomic mass is 32.2. The third-order valence-electron chi connectivity index (χ3n) is 3.44. The summed E-state index contributed by atoms with van der Waals surface area (Å²) >= 11 is 0. The number of carbonyl (C=O) groups is 1. The predicted molar refractivity (Wildman–Crippen MR) is 74.9 cm³/mol. The van der Waals surface area contributed by atoms with Crippen molar-refractivity contribution >= 4 is 15.6 Å². The van der Waals surface area contributed by atoms with Crippen LogP contribution in [0.5, 0.6) is 0 Å². The first kappa shape index (κ1) is 14.3. The first-order valence-corrected chi connectivity index (χ1v) is 8.21. The number of rotatable bonds is 4. The van der Waals surface area contributed by atoms with E-state index in [1.54, 1.807) is 12.1 Å². The minimum atomic E-state index is -3.48. The molecule has 0 heterocycles. The number of ketones is 1. The SMILES string of the molecule is CC(C)(C)c1ccc(S(=O)(=O)CC(=O)C2CC2)cc1. The molecular formula is C15H20O3S. The average Bonchev–Trinajstić information content (AvgIpc) is 3.11. The largest absolute Gasteiger partial charge is 0.298 e. The molecule has 19 heavy (non-hydrogen) atoms. The van der Waals surface area contributed by atoms with Gasteiger partial charge in [0, 0.05) is 5.92 Å². The van der Waals surface area contributed by atoms with Crippen LogP contribution in [0.3, 0.4) is 0 Å². The average molecular weight is 280 g/mol. The van der Waals surface area contributed by atoms with Gasteiger partial charge in [0.2, 0.25) is 0 Å². The lowest BCUT2D eigenvalue weighted by Crippen LogP contribution is -2.18. The Labute approximate surface area is 114 Å². The quantitative estimate of drug-likeness (QED) is 0.852. The van der Waals surface area contributed by atoms with Gasteiger partial charge < -0.3 is 0 Å². The molecule has 1 aromatic rings. The lowest BCUT2D eigenvalue weighted by Gasteiger charge is -2.19. The molecule has 0 radical (unpaired) electrons. The van der Waals surface area contributed by atoms with E-state index in [0.29, 0.717) is 0 Å². The number of sulfone groups is 1. The monoisotopic (exact) mass is 280 g/mol. The van der Waals surface area contributed by atoms with E-state index >= 15 is 0 Å². The van der Waals surface area contributed by atoms with Crippen molar-refractivity contribution < 1.29 is 13.2 Å². The maximum atomic E-state index is 12.1. The third kappa shape index (κ3) is 3.44. The van der Waals surface area contributed by atoms with Crippen molar-refractivity contribution in [1.82, 2.24) is 0 Å². The van der Waals surface area contributed by atoms with Gasteiger partial charge >= 0.3 is 0 Å². The van der Waals surface area contributed by atoms with Gasteiger partial charge in [-0.3, -0.25) is 4.79 Å². The molecule has 0 amide bonds. The zero-order chi connectivity index (χ0) is 14.3. The van der Waals surface area contributed by atoms with Crippen LogP contribution in [0.15, 0.2) is 29.2 Å². The summed E-state index contributed by atoms with van der Waals surface area (Å²) in [6, 6.07) is 6.87. The van der Waals surface area contributed by atoms with Crippen LogP contribution in [0.2, 0.25) is 0 Å². The summed E-state index contributed by atoms with van der Waals surface area (Å²) in [7, 11) is -3.48. The Morgan fingerprint density at radius 2 is 1.68 bits per heavy atom. The molecule has 1 aromatic carbocycles. The Morgan fingerprint density at radius 3 is 2.11 bits per heavy atom. The molecule has 0 aromatic heterocycles. The summed E-state index contributed by atoms with van der Waals surface area (Å²) in [6.45, 7) is 6.23. The predicted octanol–water partition coefficient (Wildman–Crippen LogP) is 2.74. The Morgan fingerprint density at radius 1 is 1.16 bits per heavy atom. The molecule has 0 N–H and O–H groups in total. The zero-order valence-electron chi connectivity index (χ0n) is 11.6. The molecule has 104 valence electrons.